The summed E-state index contributed by atoms with van der Waals surface area (Å²) in [6.45, 7) is 7.15. The number of halogens is 1. The molecule has 0 aliphatic carbocycles. The topological polar surface area (TPSA) is 41.1 Å². The first-order chi connectivity index (χ1) is 9.52. The molecule has 3 nitrogen and oxygen atoms in total. The number of hydrogen-bond acceptors (Lipinski definition) is 2. The largest absolute Gasteiger partial charge is 0.326 e. The summed E-state index contributed by atoms with van der Waals surface area (Å²) < 4.78 is 14.4. The van der Waals surface area contributed by atoms with Crippen molar-refractivity contribution in [1.82, 2.24) is 5.32 Å². The molecule has 2 rings (SSSR count). The smallest absolute Gasteiger partial charge is 0.224 e. The van der Waals surface area contributed by atoms with Gasteiger partial charge in [-0.05, 0) is 43.0 Å². The quantitative estimate of drug-likeness (QED) is 0.866. The van der Waals surface area contributed by atoms with Crippen molar-refractivity contribution >= 4 is 11.6 Å². The summed E-state index contributed by atoms with van der Waals surface area (Å²) >= 11 is 0. The highest BCUT2D eigenvalue weighted by Gasteiger charge is 2.23. The molecule has 1 atom stereocenters. The molecular formula is C16H23FN2O. The normalized spacial score (nSPS) is 15.9. The number of amides is 1. The van der Waals surface area contributed by atoms with Crippen LogP contribution in [0, 0.1) is 11.7 Å². The van der Waals surface area contributed by atoms with Gasteiger partial charge in [0.25, 0.3) is 0 Å². The summed E-state index contributed by atoms with van der Waals surface area (Å²) in [4.78, 5) is 11.4. The van der Waals surface area contributed by atoms with E-state index < -0.39 is 0 Å². The van der Waals surface area contributed by atoms with E-state index in [-0.39, 0.29) is 17.8 Å². The van der Waals surface area contributed by atoms with Gasteiger partial charge in [-0.25, -0.2) is 4.39 Å². The molecule has 0 radical (unpaired) electrons. The third-order valence-electron chi connectivity index (χ3n) is 3.73. The van der Waals surface area contributed by atoms with Crippen LogP contribution in [0.2, 0.25) is 0 Å². The Morgan fingerprint density at radius 3 is 2.75 bits per heavy atom. The number of rotatable bonds is 5. The average Bonchev–Trinajstić information content (AvgIpc) is 2.39. The van der Waals surface area contributed by atoms with Crippen LogP contribution in [-0.2, 0) is 11.2 Å². The summed E-state index contributed by atoms with van der Waals surface area (Å²) in [5, 5.41) is 6.15. The second-order valence-corrected chi connectivity index (χ2v) is 5.75. The molecule has 20 heavy (non-hydrogen) atoms. The van der Waals surface area contributed by atoms with Crippen LogP contribution in [0.25, 0.3) is 0 Å². The van der Waals surface area contributed by atoms with Crippen molar-refractivity contribution in [2.24, 2.45) is 5.92 Å². The number of carbonyl (C=O) groups excluding carboxylic acids is 1. The van der Waals surface area contributed by atoms with Gasteiger partial charge in [0, 0.05) is 23.7 Å². The van der Waals surface area contributed by atoms with Crippen LogP contribution in [0.3, 0.4) is 0 Å². The fourth-order valence-corrected chi connectivity index (χ4v) is 2.66. The van der Waals surface area contributed by atoms with Crippen LogP contribution in [0.15, 0.2) is 12.1 Å². The van der Waals surface area contributed by atoms with E-state index >= 15 is 0 Å². The lowest BCUT2D eigenvalue weighted by Gasteiger charge is -2.26. The zero-order valence-electron chi connectivity index (χ0n) is 12.4. The molecule has 1 aliphatic heterocycles. The van der Waals surface area contributed by atoms with Crippen LogP contribution < -0.4 is 10.6 Å². The highest BCUT2D eigenvalue weighted by atomic mass is 19.1. The minimum atomic E-state index is -0.242. The van der Waals surface area contributed by atoms with Crippen molar-refractivity contribution in [2.45, 2.75) is 46.1 Å². The monoisotopic (exact) mass is 278 g/mol. The fraction of sp³-hybridized carbons (Fsp3) is 0.562. The maximum Gasteiger partial charge on any atom is 0.224 e. The van der Waals surface area contributed by atoms with Gasteiger partial charge in [-0.2, -0.15) is 0 Å². The van der Waals surface area contributed by atoms with Gasteiger partial charge in [-0.15, -0.1) is 0 Å². The predicted molar refractivity (Wildman–Crippen MR) is 79.2 cm³/mol. The Morgan fingerprint density at radius 1 is 1.35 bits per heavy atom. The lowest BCUT2D eigenvalue weighted by atomic mass is 9.91. The SMILES string of the molecule is CCCNC(c1cc2c(cc1F)NC(=O)CC2)C(C)C. The molecule has 1 heterocycles. The van der Waals surface area contributed by atoms with Gasteiger partial charge in [0.2, 0.25) is 5.91 Å². The van der Waals surface area contributed by atoms with E-state index in [0.29, 0.717) is 30.0 Å². The molecule has 1 aliphatic rings. The van der Waals surface area contributed by atoms with E-state index in [9.17, 15) is 9.18 Å². The second kappa shape index (κ2) is 6.35. The van der Waals surface area contributed by atoms with Gasteiger partial charge in [0.1, 0.15) is 5.82 Å². The minimum Gasteiger partial charge on any atom is -0.326 e. The summed E-state index contributed by atoms with van der Waals surface area (Å²) in [6.07, 6.45) is 2.19. The molecule has 0 bridgehead atoms. The zero-order chi connectivity index (χ0) is 14.7. The molecule has 2 N–H and O–H groups in total. The second-order valence-electron chi connectivity index (χ2n) is 5.75. The molecule has 4 heteroatoms. The summed E-state index contributed by atoms with van der Waals surface area (Å²) in [5.41, 5.74) is 2.37. The van der Waals surface area contributed by atoms with Crippen molar-refractivity contribution in [2.75, 3.05) is 11.9 Å². The number of hydrogen-bond donors (Lipinski definition) is 2. The lowest BCUT2D eigenvalue weighted by Crippen LogP contribution is -2.28. The van der Waals surface area contributed by atoms with Gasteiger partial charge < -0.3 is 10.6 Å². The van der Waals surface area contributed by atoms with E-state index in [0.717, 1.165) is 18.5 Å². The Bertz CT molecular complexity index is 499. The van der Waals surface area contributed by atoms with Crippen molar-refractivity contribution in [3.8, 4) is 0 Å². The van der Waals surface area contributed by atoms with E-state index in [1.165, 1.54) is 6.07 Å². The van der Waals surface area contributed by atoms with Crippen molar-refractivity contribution in [3.05, 3.63) is 29.1 Å². The van der Waals surface area contributed by atoms with Gasteiger partial charge in [0.15, 0.2) is 0 Å². The van der Waals surface area contributed by atoms with Crippen LogP contribution in [0.1, 0.15) is 50.8 Å². The van der Waals surface area contributed by atoms with Crippen LogP contribution in [-0.4, -0.2) is 12.5 Å². The Hall–Kier alpha value is -1.42. The molecule has 1 aromatic carbocycles. The predicted octanol–water partition coefficient (Wildman–Crippen LogP) is 3.41. The van der Waals surface area contributed by atoms with E-state index in [1.54, 1.807) is 0 Å². The average molecular weight is 278 g/mol. The minimum absolute atomic E-state index is 0.0119. The Morgan fingerprint density at radius 2 is 2.10 bits per heavy atom. The summed E-state index contributed by atoms with van der Waals surface area (Å²) in [5.74, 6) is 0.0368. The molecule has 0 spiro atoms. The van der Waals surface area contributed by atoms with Crippen molar-refractivity contribution < 1.29 is 9.18 Å². The Balaban J connectivity index is 2.33. The lowest BCUT2D eigenvalue weighted by molar-refractivity contribution is -0.116. The molecule has 1 amide bonds. The number of anilines is 1. The first-order valence-corrected chi connectivity index (χ1v) is 7.38. The highest BCUT2D eigenvalue weighted by Crippen LogP contribution is 2.31. The third-order valence-corrected chi connectivity index (χ3v) is 3.73. The molecule has 1 aromatic rings. The van der Waals surface area contributed by atoms with Gasteiger partial charge in [-0.1, -0.05) is 20.8 Å². The van der Waals surface area contributed by atoms with Crippen LogP contribution in [0.5, 0.6) is 0 Å². The Kier molecular flexibility index (Phi) is 4.76. The van der Waals surface area contributed by atoms with Gasteiger partial charge in [0.05, 0.1) is 0 Å². The first kappa shape index (κ1) is 15.0. The first-order valence-electron chi connectivity index (χ1n) is 7.38. The molecular weight excluding hydrogens is 255 g/mol. The summed E-state index contributed by atoms with van der Waals surface area (Å²) in [6, 6.07) is 3.39. The molecule has 0 fully saturated rings. The van der Waals surface area contributed by atoms with E-state index in [1.807, 2.05) is 6.07 Å². The number of nitrogens with one attached hydrogen (secondary N) is 2. The van der Waals surface area contributed by atoms with Crippen molar-refractivity contribution in [3.63, 3.8) is 0 Å². The molecule has 110 valence electrons. The Labute approximate surface area is 120 Å². The molecule has 0 saturated heterocycles. The van der Waals surface area contributed by atoms with Crippen LogP contribution in [0.4, 0.5) is 10.1 Å². The number of carbonyl (C=O) groups is 1. The molecule has 0 aromatic heterocycles. The van der Waals surface area contributed by atoms with E-state index in [4.69, 9.17) is 0 Å². The number of aryl methyl sites for hydroxylation is 1. The van der Waals surface area contributed by atoms with Gasteiger partial charge in [-0.3, -0.25) is 4.79 Å². The third kappa shape index (κ3) is 3.18. The maximum atomic E-state index is 14.4. The van der Waals surface area contributed by atoms with E-state index in [2.05, 4.69) is 31.4 Å². The number of benzene rings is 1. The maximum absolute atomic E-state index is 14.4. The number of fused-ring (bicyclic) bond motifs is 1. The molecule has 1 unspecified atom stereocenters. The highest BCUT2D eigenvalue weighted by molar-refractivity contribution is 5.93. The fourth-order valence-electron chi connectivity index (χ4n) is 2.66. The van der Waals surface area contributed by atoms with Crippen molar-refractivity contribution in [1.29, 1.82) is 0 Å². The van der Waals surface area contributed by atoms with Crippen LogP contribution >= 0.6 is 0 Å². The summed E-state index contributed by atoms with van der Waals surface area (Å²) in [7, 11) is 0. The zero-order valence-corrected chi connectivity index (χ0v) is 12.4. The molecule has 0 saturated carbocycles. The standard InChI is InChI=1S/C16H23FN2O/c1-4-7-18-16(10(2)3)12-8-11-5-6-15(20)19-14(11)9-13(12)17/h8-10,16,18H,4-7H2,1-3H3,(H,19,20). The van der Waals surface area contributed by atoms with Gasteiger partial charge >= 0.3 is 0 Å².